The first kappa shape index (κ1) is 22.7. The van der Waals surface area contributed by atoms with Crippen LogP contribution in [0.3, 0.4) is 0 Å². The molecule has 0 bridgehead atoms. The van der Waals surface area contributed by atoms with Crippen molar-refractivity contribution in [3.63, 3.8) is 0 Å². The zero-order valence-electron chi connectivity index (χ0n) is 19.0. The van der Waals surface area contributed by atoms with Gasteiger partial charge in [0.05, 0.1) is 14.2 Å². The first-order valence-electron chi connectivity index (χ1n) is 10.8. The molecule has 0 unspecified atom stereocenters. The number of hydrogen-bond donors (Lipinski definition) is 0. The number of ether oxygens (including phenoxy) is 2. The maximum absolute atomic E-state index is 11.1. The molecule has 0 fully saturated rings. The van der Waals surface area contributed by atoms with Gasteiger partial charge in [0, 0.05) is 22.3 Å². The summed E-state index contributed by atoms with van der Waals surface area (Å²) in [5.74, 6) is 1.27. The van der Waals surface area contributed by atoms with Crippen LogP contribution in [0, 0.1) is 0 Å². The molecule has 0 atom stereocenters. The van der Waals surface area contributed by atoms with Crippen LogP contribution in [0.1, 0.15) is 43.0 Å². The summed E-state index contributed by atoms with van der Waals surface area (Å²) in [6.07, 6.45) is 9.68. The summed E-state index contributed by atoms with van der Waals surface area (Å²) >= 11 is 0. The molecule has 4 aromatic carbocycles. The van der Waals surface area contributed by atoms with Crippen LogP contribution in [0.15, 0.2) is 72.8 Å². The zero-order chi connectivity index (χ0) is 23.9. The van der Waals surface area contributed by atoms with Crippen molar-refractivity contribution in [2.45, 2.75) is 0 Å². The van der Waals surface area contributed by atoms with Gasteiger partial charge >= 0.3 is 0 Å². The lowest BCUT2D eigenvalue weighted by molar-refractivity contribution is 0.111. The average Bonchev–Trinajstić information content (AvgIpc) is 2.90. The van der Waals surface area contributed by atoms with E-state index < -0.39 is 0 Å². The van der Waals surface area contributed by atoms with Crippen LogP contribution < -0.4 is 9.47 Å². The number of fused-ring (bicyclic) bond motifs is 1. The Morgan fingerprint density at radius 1 is 0.588 bits per heavy atom. The van der Waals surface area contributed by atoms with E-state index in [9.17, 15) is 9.59 Å². The van der Waals surface area contributed by atoms with Crippen molar-refractivity contribution in [3.05, 3.63) is 106 Å². The molecule has 0 spiro atoms. The third-order valence-corrected chi connectivity index (χ3v) is 5.66. The molecule has 0 aromatic heterocycles. The van der Waals surface area contributed by atoms with Gasteiger partial charge in [-0.15, -0.1) is 0 Å². The Kier molecular flexibility index (Phi) is 6.99. The number of hydrogen-bond acceptors (Lipinski definition) is 4. The lowest BCUT2D eigenvalue weighted by atomic mass is 9.96. The molecule has 0 aliphatic rings. The fourth-order valence-corrected chi connectivity index (χ4v) is 3.87. The smallest absolute Gasteiger partial charge is 0.150 e. The van der Waals surface area contributed by atoms with Gasteiger partial charge in [-0.25, -0.2) is 0 Å². The summed E-state index contributed by atoms with van der Waals surface area (Å²) in [7, 11) is 3.19. The van der Waals surface area contributed by atoms with E-state index in [1.807, 2.05) is 42.5 Å². The van der Waals surface area contributed by atoms with E-state index in [0.717, 1.165) is 45.6 Å². The van der Waals surface area contributed by atoms with Gasteiger partial charge in [-0.1, -0.05) is 85.0 Å². The highest BCUT2D eigenvalue weighted by Gasteiger charge is 2.07. The number of aldehydes is 2. The van der Waals surface area contributed by atoms with Gasteiger partial charge < -0.3 is 9.47 Å². The predicted molar refractivity (Wildman–Crippen MR) is 139 cm³/mol. The molecule has 4 heteroatoms. The topological polar surface area (TPSA) is 52.6 Å². The van der Waals surface area contributed by atoms with Crippen LogP contribution >= 0.6 is 0 Å². The van der Waals surface area contributed by atoms with Gasteiger partial charge in [0.1, 0.15) is 24.1 Å². The summed E-state index contributed by atoms with van der Waals surface area (Å²) in [6, 6.07) is 23.1. The standard InChI is InChI=1S/C30H24O4/c1-33-29-17-21(19-31)7-9-25(29)14-13-24-12-11-23-5-3-4-6-27(23)28(24)16-15-26-10-8-22(20-32)18-30(26)34-2/h3-20H,1-2H3/b14-13+,16-15+. The van der Waals surface area contributed by atoms with E-state index in [1.54, 1.807) is 38.5 Å². The molecule has 34 heavy (non-hydrogen) atoms. The molecule has 0 aliphatic heterocycles. The minimum Gasteiger partial charge on any atom is -0.496 e. The minimum atomic E-state index is 0.567. The zero-order valence-corrected chi connectivity index (χ0v) is 19.0. The molecular formula is C30H24O4. The first-order valence-corrected chi connectivity index (χ1v) is 10.8. The second-order valence-corrected chi connectivity index (χ2v) is 7.69. The van der Waals surface area contributed by atoms with Crippen LogP contribution in [0.2, 0.25) is 0 Å². The van der Waals surface area contributed by atoms with Gasteiger partial charge in [-0.3, -0.25) is 9.59 Å². The fraction of sp³-hybridized carbons (Fsp3) is 0.0667. The van der Waals surface area contributed by atoms with Gasteiger partial charge in [0.2, 0.25) is 0 Å². The van der Waals surface area contributed by atoms with E-state index >= 15 is 0 Å². The molecule has 4 rings (SSSR count). The van der Waals surface area contributed by atoms with Gasteiger partial charge in [0.25, 0.3) is 0 Å². The van der Waals surface area contributed by atoms with E-state index in [-0.39, 0.29) is 0 Å². The second-order valence-electron chi connectivity index (χ2n) is 7.69. The molecule has 4 aromatic rings. The molecule has 0 heterocycles. The largest absolute Gasteiger partial charge is 0.496 e. The SMILES string of the molecule is COc1cc(C=O)ccc1/C=C/c1ccc2ccccc2c1/C=C/c1ccc(C=O)cc1OC. The molecule has 0 radical (unpaired) electrons. The van der Waals surface area contributed by atoms with Crippen LogP contribution in [0.5, 0.6) is 11.5 Å². The predicted octanol–water partition coefficient (Wildman–Crippen LogP) is 6.82. The van der Waals surface area contributed by atoms with E-state index in [2.05, 4.69) is 30.3 Å². The average molecular weight is 449 g/mol. The second kappa shape index (κ2) is 10.5. The highest BCUT2D eigenvalue weighted by atomic mass is 16.5. The molecule has 0 saturated heterocycles. The lowest BCUT2D eigenvalue weighted by Gasteiger charge is -2.09. The van der Waals surface area contributed by atoms with Crippen molar-refractivity contribution in [3.8, 4) is 11.5 Å². The summed E-state index contributed by atoms with van der Waals surface area (Å²) < 4.78 is 10.9. The summed E-state index contributed by atoms with van der Waals surface area (Å²) in [4.78, 5) is 22.2. The minimum absolute atomic E-state index is 0.567. The highest BCUT2D eigenvalue weighted by Crippen LogP contribution is 2.29. The molecule has 0 N–H and O–H groups in total. The third-order valence-electron chi connectivity index (χ3n) is 5.66. The Labute approximate surface area is 198 Å². The molecule has 0 aliphatic carbocycles. The Balaban J connectivity index is 1.79. The monoisotopic (exact) mass is 448 g/mol. The lowest BCUT2D eigenvalue weighted by Crippen LogP contribution is -1.90. The van der Waals surface area contributed by atoms with Crippen LogP contribution in [0.25, 0.3) is 35.1 Å². The number of carbonyl (C=O) groups is 2. The van der Waals surface area contributed by atoms with Gasteiger partial charge in [0.15, 0.2) is 0 Å². The van der Waals surface area contributed by atoms with Crippen molar-refractivity contribution in [2.24, 2.45) is 0 Å². The van der Waals surface area contributed by atoms with Crippen molar-refractivity contribution in [1.82, 2.24) is 0 Å². The molecule has 4 nitrogen and oxygen atoms in total. The Morgan fingerprint density at radius 3 is 1.71 bits per heavy atom. The van der Waals surface area contributed by atoms with Gasteiger partial charge in [-0.2, -0.15) is 0 Å². The molecule has 0 saturated carbocycles. The maximum atomic E-state index is 11.1. The summed E-state index contributed by atoms with van der Waals surface area (Å²) in [5, 5.41) is 2.25. The third kappa shape index (κ3) is 4.81. The number of benzene rings is 4. The van der Waals surface area contributed by atoms with Crippen LogP contribution in [0.4, 0.5) is 0 Å². The van der Waals surface area contributed by atoms with Crippen LogP contribution in [-0.2, 0) is 0 Å². The molecular weight excluding hydrogens is 424 g/mol. The quantitative estimate of drug-likeness (QED) is 0.219. The molecule has 0 amide bonds. The fourth-order valence-electron chi connectivity index (χ4n) is 3.87. The van der Waals surface area contributed by atoms with E-state index in [4.69, 9.17) is 9.47 Å². The van der Waals surface area contributed by atoms with Gasteiger partial charge in [-0.05, 0) is 34.0 Å². The van der Waals surface area contributed by atoms with Crippen LogP contribution in [-0.4, -0.2) is 26.8 Å². The van der Waals surface area contributed by atoms with Crippen molar-refractivity contribution < 1.29 is 19.1 Å². The summed E-state index contributed by atoms with van der Waals surface area (Å²) in [5.41, 5.74) is 4.97. The van der Waals surface area contributed by atoms with E-state index in [1.165, 1.54) is 0 Å². The first-order chi connectivity index (χ1) is 16.7. The van der Waals surface area contributed by atoms with E-state index in [0.29, 0.717) is 22.6 Å². The summed E-state index contributed by atoms with van der Waals surface area (Å²) in [6.45, 7) is 0. The molecule has 168 valence electrons. The normalized spacial score (nSPS) is 11.2. The Bertz CT molecular complexity index is 1410. The van der Waals surface area contributed by atoms with Crippen molar-refractivity contribution in [1.29, 1.82) is 0 Å². The van der Waals surface area contributed by atoms with Crippen molar-refractivity contribution >= 4 is 47.6 Å². The highest BCUT2D eigenvalue weighted by molar-refractivity contribution is 5.97. The Morgan fingerprint density at radius 2 is 1.12 bits per heavy atom. The number of carbonyl (C=O) groups excluding carboxylic acids is 2. The number of rotatable bonds is 8. The maximum Gasteiger partial charge on any atom is 0.150 e. The Hall–Kier alpha value is -4.44. The number of methoxy groups -OCH3 is 2. The van der Waals surface area contributed by atoms with Crippen molar-refractivity contribution in [2.75, 3.05) is 14.2 Å².